The number of hydrogen-bond acceptors (Lipinski definition) is 5. The van der Waals surface area contributed by atoms with Crippen LogP contribution in [0.4, 0.5) is 5.69 Å². The fourth-order valence-corrected chi connectivity index (χ4v) is 7.13. The van der Waals surface area contributed by atoms with E-state index in [1.54, 1.807) is 49.4 Å². The number of nitrogens with zero attached hydrogens (tertiary/aromatic N) is 2. The molecule has 0 heterocycles. The molecule has 0 spiro atoms. The quantitative estimate of drug-likeness (QED) is 0.178. The minimum atomic E-state index is -4.15. The fraction of sp³-hybridized carbons (Fsp3) is 0.297. The molecular formula is C37H41N3O5S. The molecule has 1 fully saturated rings. The molecule has 9 heteroatoms. The molecular weight excluding hydrogens is 598 g/mol. The van der Waals surface area contributed by atoms with Gasteiger partial charge >= 0.3 is 0 Å². The number of sulfonamides is 1. The van der Waals surface area contributed by atoms with E-state index in [1.807, 2.05) is 60.7 Å². The minimum Gasteiger partial charge on any atom is -0.457 e. The smallest absolute Gasteiger partial charge is 0.264 e. The zero-order valence-corrected chi connectivity index (χ0v) is 26.9. The second-order valence-corrected chi connectivity index (χ2v) is 13.4. The van der Waals surface area contributed by atoms with Crippen molar-refractivity contribution in [1.82, 2.24) is 10.2 Å². The van der Waals surface area contributed by atoms with Crippen molar-refractivity contribution in [3.63, 3.8) is 0 Å². The molecule has 0 radical (unpaired) electrons. The SMILES string of the molecule is CC(C(=O)NC1CCCCC1)N(CCc1ccccc1)C(=O)CN(c1ccc(Oc2ccccc2)cc1)S(=O)(=O)c1ccccc1. The maximum absolute atomic E-state index is 14.2. The third-order valence-electron chi connectivity index (χ3n) is 8.32. The van der Waals surface area contributed by atoms with Gasteiger partial charge in [0.25, 0.3) is 10.0 Å². The molecule has 1 atom stereocenters. The molecule has 0 aromatic heterocycles. The second kappa shape index (κ2) is 15.6. The van der Waals surface area contributed by atoms with Crippen molar-refractivity contribution in [2.24, 2.45) is 0 Å². The van der Waals surface area contributed by atoms with Gasteiger partial charge in [-0.25, -0.2) is 8.42 Å². The first-order valence-electron chi connectivity index (χ1n) is 15.9. The maximum Gasteiger partial charge on any atom is 0.264 e. The first-order chi connectivity index (χ1) is 22.3. The molecule has 1 aliphatic rings. The standard InChI is InChI=1S/C37H41N3O5S/c1-29(37(42)38-31-16-8-3-9-17-31)39(27-26-30-14-6-2-7-15-30)36(41)28-40(46(43,44)35-20-12-5-13-21-35)32-22-24-34(25-23-32)45-33-18-10-4-11-19-33/h2,4-7,10-15,18-25,29,31H,3,8-9,16-17,26-28H2,1H3,(H,38,42). The van der Waals surface area contributed by atoms with Crippen LogP contribution in [0.1, 0.15) is 44.6 Å². The van der Waals surface area contributed by atoms with Crippen molar-refractivity contribution in [3.05, 3.63) is 121 Å². The number of para-hydroxylation sites is 1. The summed E-state index contributed by atoms with van der Waals surface area (Å²) in [6, 6.07) is 32.9. The summed E-state index contributed by atoms with van der Waals surface area (Å²) in [5.41, 5.74) is 1.32. The van der Waals surface area contributed by atoms with Crippen LogP contribution >= 0.6 is 0 Å². The lowest BCUT2D eigenvalue weighted by molar-refractivity contribution is -0.139. The van der Waals surface area contributed by atoms with Crippen LogP contribution in [0.15, 0.2) is 120 Å². The Bertz CT molecular complexity index is 1660. The number of amides is 2. The summed E-state index contributed by atoms with van der Waals surface area (Å²) in [4.78, 5) is 29.2. The summed E-state index contributed by atoms with van der Waals surface area (Å²) in [7, 11) is -4.15. The zero-order chi connectivity index (χ0) is 32.4. The van der Waals surface area contributed by atoms with Gasteiger partial charge < -0.3 is 15.0 Å². The van der Waals surface area contributed by atoms with Crippen LogP contribution in [0.3, 0.4) is 0 Å². The number of benzene rings is 4. The average Bonchev–Trinajstić information content (AvgIpc) is 3.09. The zero-order valence-electron chi connectivity index (χ0n) is 26.1. The lowest BCUT2D eigenvalue weighted by atomic mass is 9.95. The normalized spacial score (nSPS) is 14.2. The van der Waals surface area contributed by atoms with E-state index in [9.17, 15) is 18.0 Å². The fourth-order valence-electron chi connectivity index (χ4n) is 5.69. The Kier molecular flexibility index (Phi) is 11.1. The van der Waals surface area contributed by atoms with Crippen LogP contribution in [0.25, 0.3) is 0 Å². The Labute approximate surface area is 272 Å². The predicted octanol–water partition coefficient (Wildman–Crippen LogP) is 6.58. The van der Waals surface area contributed by atoms with Crippen molar-refractivity contribution >= 4 is 27.5 Å². The van der Waals surface area contributed by atoms with Crippen LogP contribution < -0.4 is 14.4 Å². The molecule has 4 aromatic carbocycles. The highest BCUT2D eigenvalue weighted by atomic mass is 32.2. The van der Waals surface area contributed by atoms with Gasteiger partial charge in [-0.1, -0.05) is 86.0 Å². The van der Waals surface area contributed by atoms with Gasteiger partial charge in [0.1, 0.15) is 24.1 Å². The molecule has 0 saturated heterocycles. The summed E-state index contributed by atoms with van der Waals surface area (Å²) in [5, 5.41) is 3.14. The minimum absolute atomic E-state index is 0.0614. The van der Waals surface area contributed by atoms with Crippen molar-refractivity contribution in [2.45, 2.75) is 62.4 Å². The summed E-state index contributed by atoms with van der Waals surface area (Å²) < 4.78 is 35.1. The highest BCUT2D eigenvalue weighted by molar-refractivity contribution is 7.92. The molecule has 1 N–H and O–H groups in total. The van der Waals surface area contributed by atoms with Gasteiger partial charge in [0, 0.05) is 12.6 Å². The van der Waals surface area contributed by atoms with Crippen LogP contribution in [0, 0.1) is 0 Å². The van der Waals surface area contributed by atoms with Crippen molar-refractivity contribution in [2.75, 3.05) is 17.4 Å². The van der Waals surface area contributed by atoms with Crippen molar-refractivity contribution < 1.29 is 22.7 Å². The molecule has 4 aromatic rings. The molecule has 8 nitrogen and oxygen atoms in total. The number of carbonyl (C=O) groups is 2. The van der Waals surface area contributed by atoms with Crippen LogP contribution in [0.5, 0.6) is 11.5 Å². The van der Waals surface area contributed by atoms with E-state index in [2.05, 4.69) is 5.32 Å². The number of hydrogen-bond donors (Lipinski definition) is 1. The molecule has 5 rings (SSSR count). The first kappa shape index (κ1) is 32.8. The third kappa shape index (κ3) is 8.54. The first-order valence-corrected chi connectivity index (χ1v) is 17.3. The molecule has 46 heavy (non-hydrogen) atoms. The Morgan fingerprint density at radius 3 is 1.98 bits per heavy atom. The predicted molar refractivity (Wildman–Crippen MR) is 180 cm³/mol. The summed E-state index contributed by atoms with van der Waals surface area (Å²) in [5.74, 6) is 0.476. The van der Waals surface area contributed by atoms with E-state index in [0.717, 1.165) is 42.0 Å². The van der Waals surface area contributed by atoms with Crippen LogP contribution in [0.2, 0.25) is 0 Å². The van der Waals surface area contributed by atoms with Gasteiger partial charge in [-0.3, -0.25) is 13.9 Å². The summed E-state index contributed by atoms with van der Waals surface area (Å²) in [6.07, 6.45) is 5.65. The highest BCUT2D eigenvalue weighted by Crippen LogP contribution is 2.28. The van der Waals surface area contributed by atoms with Gasteiger partial charge in [0.2, 0.25) is 11.8 Å². The van der Waals surface area contributed by atoms with Crippen LogP contribution in [-0.2, 0) is 26.0 Å². The molecule has 1 saturated carbocycles. The second-order valence-electron chi connectivity index (χ2n) is 11.6. The number of ether oxygens (including phenoxy) is 1. The van der Waals surface area contributed by atoms with Crippen LogP contribution in [-0.4, -0.2) is 50.3 Å². The Balaban J connectivity index is 1.42. The van der Waals surface area contributed by atoms with E-state index in [0.29, 0.717) is 23.6 Å². The lowest BCUT2D eigenvalue weighted by Crippen LogP contribution is -2.53. The topological polar surface area (TPSA) is 96.0 Å². The Morgan fingerprint density at radius 2 is 1.35 bits per heavy atom. The molecule has 0 bridgehead atoms. The molecule has 1 aliphatic carbocycles. The van der Waals surface area contributed by atoms with E-state index in [1.165, 1.54) is 17.0 Å². The summed E-state index contributed by atoms with van der Waals surface area (Å²) >= 11 is 0. The molecule has 1 unspecified atom stereocenters. The lowest BCUT2D eigenvalue weighted by Gasteiger charge is -2.33. The van der Waals surface area contributed by atoms with Crippen molar-refractivity contribution in [3.8, 4) is 11.5 Å². The van der Waals surface area contributed by atoms with Crippen molar-refractivity contribution in [1.29, 1.82) is 0 Å². The molecule has 240 valence electrons. The maximum atomic E-state index is 14.2. The summed E-state index contributed by atoms with van der Waals surface area (Å²) in [6.45, 7) is 1.49. The number of anilines is 1. The van der Waals surface area contributed by atoms with E-state index < -0.39 is 28.5 Å². The van der Waals surface area contributed by atoms with Gasteiger partial charge in [-0.2, -0.15) is 0 Å². The third-order valence-corrected chi connectivity index (χ3v) is 10.1. The number of carbonyl (C=O) groups excluding carboxylic acids is 2. The highest BCUT2D eigenvalue weighted by Gasteiger charge is 2.33. The largest absolute Gasteiger partial charge is 0.457 e. The van der Waals surface area contributed by atoms with E-state index >= 15 is 0 Å². The molecule has 0 aliphatic heterocycles. The number of rotatable bonds is 13. The Morgan fingerprint density at radius 1 is 0.783 bits per heavy atom. The van der Waals surface area contributed by atoms with Gasteiger partial charge in [-0.05, 0) is 80.3 Å². The van der Waals surface area contributed by atoms with Gasteiger partial charge in [0.05, 0.1) is 10.6 Å². The van der Waals surface area contributed by atoms with E-state index in [4.69, 9.17) is 4.74 Å². The van der Waals surface area contributed by atoms with E-state index in [-0.39, 0.29) is 23.4 Å². The molecule has 2 amide bonds. The average molecular weight is 640 g/mol. The van der Waals surface area contributed by atoms with Gasteiger partial charge in [-0.15, -0.1) is 0 Å². The van der Waals surface area contributed by atoms with Gasteiger partial charge in [0.15, 0.2) is 0 Å². The monoisotopic (exact) mass is 639 g/mol. The number of nitrogens with one attached hydrogen (secondary N) is 1. The Hall–Kier alpha value is -4.63.